The number of guanidine groups is 1. The van der Waals surface area contributed by atoms with Crippen molar-refractivity contribution in [1.82, 2.24) is 0 Å². The summed E-state index contributed by atoms with van der Waals surface area (Å²) in [6, 6.07) is 10.5. The second kappa shape index (κ2) is 3.93. The molecule has 80 valence electrons. The predicted octanol–water partition coefficient (Wildman–Crippen LogP) is 1.28. The van der Waals surface area contributed by atoms with Gasteiger partial charge in [-0.05, 0) is 30.2 Å². The molecule has 0 bridgehead atoms. The van der Waals surface area contributed by atoms with Gasteiger partial charge >= 0.3 is 0 Å². The molecule has 1 aliphatic rings. The van der Waals surface area contributed by atoms with Crippen LogP contribution >= 0.6 is 0 Å². The van der Waals surface area contributed by atoms with Crippen molar-refractivity contribution in [2.75, 3.05) is 6.54 Å². The summed E-state index contributed by atoms with van der Waals surface area (Å²) in [6.07, 6.45) is 3.56. The molecule has 0 atom stereocenters. The molecule has 2 rings (SSSR count). The zero-order valence-electron chi connectivity index (χ0n) is 8.82. The van der Waals surface area contributed by atoms with Gasteiger partial charge in [-0.25, -0.2) is 0 Å². The fourth-order valence-electron chi connectivity index (χ4n) is 1.86. The molecule has 1 aliphatic carbocycles. The average Bonchev–Trinajstić information content (AvgIpc) is 2.97. The lowest BCUT2D eigenvalue weighted by Crippen LogP contribution is -2.24. The molecule has 0 aliphatic heterocycles. The fraction of sp³-hybridized carbons (Fsp3) is 0.417. The van der Waals surface area contributed by atoms with Gasteiger partial charge in [0.25, 0.3) is 0 Å². The van der Waals surface area contributed by atoms with Crippen molar-refractivity contribution >= 4 is 5.96 Å². The van der Waals surface area contributed by atoms with Crippen molar-refractivity contribution in [3.63, 3.8) is 0 Å². The van der Waals surface area contributed by atoms with Gasteiger partial charge in [0.2, 0.25) is 0 Å². The lowest BCUT2D eigenvalue weighted by molar-refractivity contribution is 0.522. The van der Waals surface area contributed by atoms with Crippen LogP contribution in [0.4, 0.5) is 0 Å². The number of benzene rings is 1. The van der Waals surface area contributed by atoms with Crippen LogP contribution in [0.15, 0.2) is 35.3 Å². The Hall–Kier alpha value is -1.51. The van der Waals surface area contributed by atoms with Gasteiger partial charge in [0, 0.05) is 6.54 Å². The summed E-state index contributed by atoms with van der Waals surface area (Å²) in [4.78, 5) is 4.13. The first-order valence-electron chi connectivity index (χ1n) is 5.30. The number of rotatable bonds is 4. The van der Waals surface area contributed by atoms with E-state index in [2.05, 4.69) is 29.3 Å². The zero-order valence-corrected chi connectivity index (χ0v) is 8.82. The molecule has 1 saturated carbocycles. The van der Waals surface area contributed by atoms with E-state index in [1.54, 1.807) is 0 Å². The largest absolute Gasteiger partial charge is 0.370 e. The Bertz CT molecular complexity index is 348. The van der Waals surface area contributed by atoms with Crippen LogP contribution < -0.4 is 11.5 Å². The quantitative estimate of drug-likeness (QED) is 0.572. The van der Waals surface area contributed by atoms with Crippen molar-refractivity contribution in [2.45, 2.75) is 19.3 Å². The van der Waals surface area contributed by atoms with Crippen LogP contribution in [0.1, 0.15) is 18.4 Å². The normalized spacial score (nSPS) is 17.1. The fourth-order valence-corrected chi connectivity index (χ4v) is 1.86. The molecule has 1 aromatic rings. The highest BCUT2D eigenvalue weighted by Crippen LogP contribution is 2.48. The monoisotopic (exact) mass is 203 g/mol. The summed E-state index contributed by atoms with van der Waals surface area (Å²) in [7, 11) is 0. The Morgan fingerprint density at radius 2 is 1.87 bits per heavy atom. The third kappa shape index (κ3) is 2.72. The molecule has 15 heavy (non-hydrogen) atoms. The maximum atomic E-state index is 5.35. The minimum Gasteiger partial charge on any atom is -0.370 e. The molecule has 0 spiro atoms. The standard InChI is InChI=1S/C12H17N3/c13-11(14)15-9-12(6-7-12)8-10-4-2-1-3-5-10/h1-5H,6-9H2,(H4,13,14,15). The number of hydrogen-bond donors (Lipinski definition) is 2. The molecule has 0 unspecified atom stereocenters. The number of aliphatic imine (C=N–C) groups is 1. The molecule has 0 heterocycles. The second-order valence-corrected chi connectivity index (χ2v) is 4.40. The molecular formula is C12H17N3. The minimum absolute atomic E-state index is 0.203. The summed E-state index contributed by atoms with van der Waals surface area (Å²) in [5.74, 6) is 0.203. The van der Waals surface area contributed by atoms with E-state index >= 15 is 0 Å². The van der Waals surface area contributed by atoms with Gasteiger partial charge in [0.05, 0.1) is 0 Å². The number of nitrogens with zero attached hydrogens (tertiary/aromatic N) is 1. The topological polar surface area (TPSA) is 64.4 Å². The first kappa shape index (κ1) is 10.0. The number of hydrogen-bond acceptors (Lipinski definition) is 1. The van der Waals surface area contributed by atoms with E-state index in [4.69, 9.17) is 11.5 Å². The van der Waals surface area contributed by atoms with E-state index in [1.807, 2.05) is 6.07 Å². The highest BCUT2D eigenvalue weighted by molar-refractivity contribution is 5.75. The van der Waals surface area contributed by atoms with Crippen LogP contribution in [0.3, 0.4) is 0 Å². The maximum Gasteiger partial charge on any atom is 0.185 e. The SMILES string of the molecule is NC(N)=NCC1(Cc2ccccc2)CC1. The third-order valence-corrected chi connectivity index (χ3v) is 2.98. The summed E-state index contributed by atoms with van der Waals surface area (Å²) in [5.41, 5.74) is 12.4. The van der Waals surface area contributed by atoms with E-state index < -0.39 is 0 Å². The van der Waals surface area contributed by atoms with Gasteiger partial charge in [-0.2, -0.15) is 0 Å². The van der Waals surface area contributed by atoms with Gasteiger partial charge in [-0.15, -0.1) is 0 Å². The highest BCUT2D eigenvalue weighted by atomic mass is 15.0. The van der Waals surface area contributed by atoms with Crippen molar-refractivity contribution in [3.8, 4) is 0 Å². The minimum atomic E-state index is 0.203. The van der Waals surface area contributed by atoms with Gasteiger partial charge < -0.3 is 11.5 Å². The Balaban J connectivity index is 1.97. The van der Waals surface area contributed by atoms with E-state index in [0.29, 0.717) is 5.41 Å². The van der Waals surface area contributed by atoms with E-state index in [9.17, 15) is 0 Å². The Labute approximate surface area is 90.2 Å². The molecule has 0 amide bonds. The van der Waals surface area contributed by atoms with Crippen LogP contribution in [-0.4, -0.2) is 12.5 Å². The lowest BCUT2D eigenvalue weighted by Gasteiger charge is -2.12. The van der Waals surface area contributed by atoms with Gasteiger partial charge in [0.15, 0.2) is 5.96 Å². The van der Waals surface area contributed by atoms with Crippen molar-refractivity contribution in [1.29, 1.82) is 0 Å². The maximum absolute atomic E-state index is 5.35. The molecule has 0 aromatic heterocycles. The molecule has 1 aromatic carbocycles. The van der Waals surface area contributed by atoms with Gasteiger partial charge in [0.1, 0.15) is 0 Å². The summed E-state index contributed by atoms with van der Waals surface area (Å²) >= 11 is 0. The summed E-state index contributed by atoms with van der Waals surface area (Å²) in [5, 5.41) is 0. The third-order valence-electron chi connectivity index (χ3n) is 2.98. The Morgan fingerprint density at radius 3 is 2.40 bits per heavy atom. The molecule has 4 N–H and O–H groups in total. The summed E-state index contributed by atoms with van der Waals surface area (Å²) < 4.78 is 0. The Morgan fingerprint density at radius 1 is 1.20 bits per heavy atom. The van der Waals surface area contributed by atoms with E-state index in [0.717, 1.165) is 13.0 Å². The van der Waals surface area contributed by atoms with Crippen LogP contribution in [0.25, 0.3) is 0 Å². The first-order valence-corrected chi connectivity index (χ1v) is 5.30. The van der Waals surface area contributed by atoms with E-state index in [-0.39, 0.29) is 5.96 Å². The van der Waals surface area contributed by atoms with Crippen molar-refractivity contribution < 1.29 is 0 Å². The first-order chi connectivity index (χ1) is 7.20. The van der Waals surface area contributed by atoms with Crippen molar-refractivity contribution in [3.05, 3.63) is 35.9 Å². The van der Waals surface area contributed by atoms with Crippen LogP contribution in [0, 0.1) is 5.41 Å². The van der Waals surface area contributed by atoms with Crippen molar-refractivity contribution in [2.24, 2.45) is 21.9 Å². The Kier molecular flexibility index (Phi) is 2.62. The molecule has 0 radical (unpaired) electrons. The highest BCUT2D eigenvalue weighted by Gasteiger charge is 2.42. The predicted molar refractivity (Wildman–Crippen MR) is 62.5 cm³/mol. The summed E-state index contributed by atoms with van der Waals surface area (Å²) in [6.45, 7) is 0.768. The van der Waals surface area contributed by atoms with Crippen LogP contribution in [-0.2, 0) is 6.42 Å². The molecule has 0 saturated heterocycles. The second-order valence-electron chi connectivity index (χ2n) is 4.40. The molecular weight excluding hydrogens is 186 g/mol. The van der Waals surface area contributed by atoms with Crippen LogP contribution in [0.2, 0.25) is 0 Å². The molecule has 3 nitrogen and oxygen atoms in total. The van der Waals surface area contributed by atoms with Gasteiger partial charge in [-0.1, -0.05) is 30.3 Å². The number of nitrogens with two attached hydrogens (primary N) is 2. The zero-order chi connectivity index (χ0) is 10.7. The molecule has 3 heteroatoms. The smallest absolute Gasteiger partial charge is 0.185 e. The van der Waals surface area contributed by atoms with Gasteiger partial charge in [-0.3, -0.25) is 4.99 Å². The average molecular weight is 203 g/mol. The molecule has 1 fully saturated rings. The van der Waals surface area contributed by atoms with E-state index in [1.165, 1.54) is 18.4 Å². The van der Waals surface area contributed by atoms with Crippen LogP contribution in [0.5, 0.6) is 0 Å². The lowest BCUT2D eigenvalue weighted by atomic mass is 9.97.